The van der Waals surface area contributed by atoms with Crippen LogP contribution in [-0.4, -0.2) is 114 Å². The quantitative estimate of drug-likeness (QED) is 0.0158. The number of esters is 1. The van der Waals surface area contributed by atoms with Gasteiger partial charge in [0.05, 0.1) is 65.5 Å². The molecule has 97 heavy (non-hydrogen) atoms. The van der Waals surface area contributed by atoms with E-state index >= 15 is 0 Å². The number of ether oxygens (including phenoxy) is 7. The van der Waals surface area contributed by atoms with E-state index < -0.39 is 27.5 Å². The summed E-state index contributed by atoms with van der Waals surface area (Å²) in [6.45, 7) is 13.0. The van der Waals surface area contributed by atoms with Crippen molar-refractivity contribution in [2.24, 2.45) is 0 Å². The van der Waals surface area contributed by atoms with Crippen LogP contribution < -0.4 is 0 Å². The zero-order chi connectivity index (χ0) is 69.0. The summed E-state index contributed by atoms with van der Waals surface area (Å²) in [4.78, 5) is 27.3. The SMILES string of the molecule is CCCCCCCCC1(CCCCCCCC)c2cc(C)ccc2-c2ccc(-c3ccc4c(c3)C(CCOCCOCCOC)(CCOCCOCCOC)c3cc(-c5ccc6c(c5)C(=O)c5cc(-c7ccc(C)c(C(=O)OC)c7)ccc5-6)ccc3-4)cc21.[B]COP(=O)(F)P(F)F. The van der Waals surface area contributed by atoms with Gasteiger partial charge in [-0.05, 0) is 171 Å². The highest BCUT2D eigenvalue weighted by Crippen LogP contribution is 2.79. The fraction of sp³-hybridized carbons (Fsp3) is 0.450. The fourth-order valence-corrected chi connectivity index (χ4v) is 15.2. The van der Waals surface area contributed by atoms with Crippen molar-refractivity contribution >= 4 is 35.2 Å². The maximum absolute atomic E-state index is 14.6. The van der Waals surface area contributed by atoms with Gasteiger partial charge in [0.2, 0.25) is 0 Å². The van der Waals surface area contributed by atoms with E-state index in [9.17, 15) is 26.7 Å². The molecule has 3 aliphatic carbocycles. The van der Waals surface area contributed by atoms with Gasteiger partial charge in [0.1, 0.15) is 7.85 Å². The second kappa shape index (κ2) is 36.3. The Hall–Kier alpha value is -6.09. The van der Waals surface area contributed by atoms with Crippen molar-refractivity contribution < 1.29 is 64.4 Å². The first kappa shape index (κ1) is 75.1. The molecular formula is C80H96BF3O11P2. The minimum Gasteiger partial charge on any atom is -0.465 e. The van der Waals surface area contributed by atoms with Crippen molar-refractivity contribution in [2.75, 3.05) is 93.9 Å². The van der Waals surface area contributed by atoms with E-state index in [1.165, 1.54) is 158 Å². The molecule has 10 rings (SSSR count). The Bertz CT molecular complexity index is 3800. The van der Waals surface area contributed by atoms with Crippen molar-refractivity contribution in [3.63, 3.8) is 0 Å². The summed E-state index contributed by atoms with van der Waals surface area (Å²) in [5.74, 6) is -0.395. The van der Waals surface area contributed by atoms with Crippen LogP contribution in [0.3, 0.4) is 0 Å². The standard InChI is InChI=1S/C79H94O9.CH2BF3O2P2/c1-8-10-12-14-16-18-34-78(35-19-17-15-13-11-9-2)72-48-55(3)20-28-65(72)66-32-26-61(53-73(66)78)62-27-33-68-67-31-25-60(52-74(67)79(75(68)54-62,36-38-85-44-46-87-42-40-82-5)37-39-86-45-47-88-43-41-83-6)59-24-30-64-63-29-23-58(50-70(63)76(80)71(64)51-59)57-22-21-56(4)69(49-57)77(81)84-7;2-1-7-9(5,6)8(3)4/h20-33,48-54H,8-19,34-47H2,1-7H3;1H2. The van der Waals surface area contributed by atoms with Gasteiger partial charge in [-0.15, -0.1) is 4.20 Å². The molecule has 2 radical (unpaired) electrons. The van der Waals surface area contributed by atoms with Gasteiger partial charge in [-0.25, -0.2) is 9.36 Å². The van der Waals surface area contributed by atoms with Crippen LogP contribution in [0.25, 0.3) is 66.8 Å². The maximum Gasteiger partial charge on any atom is 0.450 e. The molecule has 7 aromatic rings. The summed E-state index contributed by atoms with van der Waals surface area (Å²) < 4.78 is 87.9. The lowest BCUT2D eigenvalue weighted by molar-refractivity contribution is 0.0145. The minimum absolute atomic E-state index is 0.0104. The molecule has 516 valence electrons. The molecule has 0 heterocycles. The number of methoxy groups -OCH3 is 3. The molecule has 0 bridgehead atoms. The monoisotopic (exact) mass is 1360 g/mol. The van der Waals surface area contributed by atoms with Crippen molar-refractivity contribution in [1.82, 2.24) is 0 Å². The van der Waals surface area contributed by atoms with Crippen LogP contribution in [-0.2, 0) is 53.1 Å². The molecule has 0 aliphatic heterocycles. The van der Waals surface area contributed by atoms with Crippen molar-refractivity contribution in [3.05, 3.63) is 177 Å². The van der Waals surface area contributed by atoms with E-state index in [4.69, 9.17) is 33.2 Å². The summed E-state index contributed by atoms with van der Waals surface area (Å²) in [5.41, 5.74) is 22.3. The lowest BCUT2D eigenvalue weighted by Crippen LogP contribution is -2.30. The highest BCUT2D eigenvalue weighted by Gasteiger charge is 2.45. The van der Waals surface area contributed by atoms with Crippen LogP contribution in [0.1, 0.15) is 176 Å². The second-order valence-corrected chi connectivity index (χ2v) is 29.7. The summed E-state index contributed by atoms with van der Waals surface area (Å²) in [6.07, 6.45) is 19.2. The number of benzene rings is 7. The Morgan fingerprint density at radius 1 is 0.443 bits per heavy atom. The number of carbonyl (C=O) groups is 2. The highest BCUT2D eigenvalue weighted by molar-refractivity contribution is 8.24. The third-order valence-corrected chi connectivity index (χ3v) is 21.9. The van der Waals surface area contributed by atoms with Gasteiger partial charge in [0, 0.05) is 55.9 Å². The van der Waals surface area contributed by atoms with Gasteiger partial charge in [-0.3, -0.25) is 4.79 Å². The molecule has 0 spiro atoms. The smallest absolute Gasteiger partial charge is 0.450 e. The molecule has 0 saturated heterocycles. The average molecular weight is 1360 g/mol. The van der Waals surface area contributed by atoms with Gasteiger partial charge in [-0.2, -0.15) is 8.39 Å². The van der Waals surface area contributed by atoms with Gasteiger partial charge in [-0.1, -0.05) is 187 Å². The molecule has 17 heteroatoms. The molecule has 0 amide bonds. The maximum atomic E-state index is 14.6. The number of unbranched alkanes of at least 4 members (excludes halogenated alkanes) is 10. The third-order valence-electron chi connectivity index (χ3n) is 19.6. The van der Waals surface area contributed by atoms with E-state index in [0.717, 1.165) is 38.9 Å². The first-order valence-electron chi connectivity index (χ1n) is 34.7. The molecule has 0 aromatic heterocycles. The van der Waals surface area contributed by atoms with Crippen LogP contribution in [0.4, 0.5) is 12.6 Å². The topological polar surface area (TPSA) is 125 Å². The van der Waals surface area contributed by atoms with E-state index in [1.807, 2.05) is 43.3 Å². The number of ketones is 1. The van der Waals surface area contributed by atoms with Crippen molar-refractivity contribution in [1.29, 1.82) is 0 Å². The first-order chi connectivity index (χ1) is 47.1. The molecule has 11 nitrogen and oxygen atoms in total. The van der Waals surface area contributed by atoms with Crippen molar-refractivity contribution in [2.45, 2.75) is 141 Å². The van der Waals surface area contributed by atoms with Crippen molar-refractivity contribution in [3.8, 4) is 66.8 Å². The Morgan fingerprint density at radius 2 is 0.804 bits per heavy atom. The Morgan fingerprint density at radius 3 is 1.22 bits per heavy atom. The molecule has 7 aromatic carbocycles. The zero-order valence-electron chi connectivity index (χ0n) is 57.8. The molecule has 0 fully saturated rings. The molecule has 0 saturated carbocycles. The number of aryl methyl sites for hydroxylation is 2. The van der Waals surface area contributed by atoms with Crippen LogP contribution in [0.2, 0.25) is 0 Å². The predicted octanol–water partition coefficient (Wildman–Crippen LogP) is 20.9. The summed E-state index contributed by atoms with van der Waals surface area (Å²) in [7, 11) is -0.0531. The van der Waals surface area contributed by atoms with Crippen LogP contribution in [0, 0.1) is 13.8 Å². The largest absolute Gasteiger partial charge is 0.465 e. The Labute approximate surface area is 576 Å². The predicted molar refractivity (Wildman–Crippen MR) is 387 cm³/mol. The average Bonchev–Trinajstić information content (AvgIpc) is 1.57. The molecule has 3 aliphatic rings. The number of hydrogen-bond donors (Lipinski definition) is 0. The van der Waals surface area contributed by atoms with E-state index in [2.05, 4.69) is 124 Å². The number of rotatable bonds is 39. The van der Waals surface area contributed by atoms with Gasteiger partial charge >= 0.3 is 21.6 Å². The molecule has 0 N–H and O–H groups in total. The van der Waals surface area contributed by atoms with Gasteiger partial charge < -0.3 is 37.7 Å². The number of halogens is 3. The molecule has 1 atom stereocenters. The second-order valence-electron chi connectivity index (χ2n) is 25.8. The lowest BCUT2D eigenvalue weighted by Gasteiger charge is -2.34. The highest BCUT2D eigenvalue weighted by atomic mass is 32.1. The summed E-state index contributed by atoms with van der Waals surface area (Å²) in [5, 5.41) is 0. The fourth-order valence-electron chi connectivity index (χ4n) is 14.5. The van der Waals surface area contributed by atoms with Gasteiger partial charge in [0.15, 0.2) is 5.78 Å². The van der Waals surface area contributed by atoms with E-state index in [-0.39, 0.29) is 17.2 Å². The first-order valence-corrected chi connectivity index (χ1v) is 38.1. The van der Waals surface area contributed by atoms with Crippen LogP contribution in [0.5, 0.6) is 0 Å². The number of fused-ring (bicyclic) bond motifs is 9. The number of carbonyl (C=O) groups excluding carboxylic acids is 2. The summed E-state index contributed by atoms with van der Waals surface area (Å²) in [6, 6.07) is 47.0. The Kier molecular flexibility index (Phi) is 28.1. The van der Waals surface area contributed by atoms with Crippen LogP contribution in [0.15, 0.2) is 127 Å². The third kappa shape index (κ3) is 17.9. The number of hydrogen-bond acceptors (Lipinski definition) is 11. The summed E-state index contributed by atoms with van der Waals surface area (Å²) >= 11 is 0. The molecular weight excluding hydrogens is 1270 g/mol. The molecule has 1 unspecified atom stereocenters. The minimum atomic E-state index is -5.16. The normalized spacial score (nSPS) is 14.1. The van der Waals surface area contributed by atoms with Gasteiger partial charge in [0.25, 0.3) is 0 Å². The lowest BCUT2D eigenvalue weighted by atomic mass is 9.70. The zero-order valence-corrected chi connectivity index (χ0v) is 59.6. The van der Waals surface area contributed by atoms with E-state index in [0.29, 0.717) is 95.6 Å². The van der Waals surface area contributed by atoms with Crippen LogP contribution >= 0.6 is 15.6 Å². The van der Waals surface area contributed by atoms with E-state index in [1.54, 1.807) is 14.2 Å². The Balaban J connectivity index is 0.00000114.